The van der Waals surface area contributed by atoms with E-state index in [4.69, 9.17) is 14.4 Å². The molecule has 1 saturated heterocycles. The highest BCUT2D eigenvalue weighted by Crippen LogP contribution is 2.37. The number of benzene rings is 3. The van der Waals surface area contributed by atoms with Crippen LogP contribution in [-0.2, 0) is 27.4 Å². The molecule has 1 fully saturated rings. The average Bonchev–Trinajstić information content (AvgIpc) is 3.35. The molecule has 0 spiro atoms. The lowest BCUT2D eigenvalue weighted by Crippen LogP contribution is -2.23. The summed E-state index contributed by atoms with van der Waals surface area (Å²) in [4.78, 5) is 11.2. The van der Waals surface area contributed by atoms with E-state index in [1.165, 1.54) is 22.3 Å². The van der Waals surface area contributed by atoms with Crippen LogP contribution in [0.1, 0.15) is 29.2 Å². The monoisotopic (exact) mass is 398 g/mol. The average molecular weight is 398 g/mol. The lowest BCUT2D eigenvalue weighted by molar-refractivity contribution is -0.0364. The quantitative estimate of drug-likeness (QED) is 0.426. The van der Waals surface area contributed by atoms with E-state index >= 15 is 0 Å². The summed E-state index contributed by atoms with van der Waals surface area (Å²) in [6.45, 7) is 2.92. The van der Waals surface area contributed by atoms with E-state index in [2.05, 4.69) is 47.6 Å². The zero-order valence-corrected chi connectivity index (χ0v) is 16.7. The van der Waals surface area contributed by atoms with Crippen LogP contribution < -0.4 is 0 Å². The second-order valence-electron chi connectivity index (χ2n) is 7.23. The van der Waals surface area contributed by atoms with Crippen LogP contribution in [0.15, 0.2) is 83.9 Å². The van der Waals surface area contributed by atoms with Gasteiger partial charge in [0.2, 0.25) is 0 Å². The Hall–Kier alpha value is -3.73. The molecule has 5 nitrogen and oxygen atoms in total. The molecule has 0 bridgehead atoms. The Labute approximate surface area is 175 Å². The van der Waals surface area contributed by atoms with Crippen LogP contribution in [0.3, 0.4) is 0 Å². The Balaban J connectivity index is 1.33. The third-order valence-corrected chi connectivity index (χ3v) is 5.22. The highest BCUT2D eigenvalue weighted by atomic mass is 16.9. The molecule has 3 aromatic carbocycles. The molecule has 2 aliphatic rings. The standard InChI is InChI=1S/C25H22N2O3/c1-2-27-25(26-28-17-18-8-4-3-5-9-18)29-24(30-27)15-19-12-13-21-16-20-10-6-7-11-22(20)23(21)14-19/h3-15H,2,16-17H2,1H3/b24-15-,26-25?. The van der Waals surface area contributed by atoms with Crippen molar-refractivity contribution in [1.29, 1.82) is 0 Å². The van der Waals surface area contributed by atoms with E-state index < -0.39 is 0 Å². The summed E-state index contributed by atoms with van der Waals surface area (Å²) >= 11 is 0. The van der Waals surface area contributed by atoms with Crippen LogP contribution in [0, 0.1) is 0 Å². The fourth-order valence-electron chi connectivity index (χ4n) is 3.73. The second-order valence-corrected chi connectivity index (χ2v) is 7.23. The minimum Gasteiger partial charge on any atom is -0.387 e. The van der Waals surface area contributed by atoms with E-state index in [-0.39, 0.29) is 0 Å². The Morgan fingerprint density at radius 1 is 0.967 bits per heavy atom. The van der Waals surface area contributed by atoms with Crippen molar-refractivity contribution in [1.82, 2.24) is 5.06 Å². The van der Waals surface area contributed by atoms with Crippen LogP contribution in [0.2, 0.25) is 0 Å². The lowest BCUT2D eigenvalue weighted by Gasteiger charge is -2.09. The highest BCUT2D eigenvalue weighted by molar-refractivity contribution is 5.79. The number of fused-ring (bicyclic) bond motifs is 3. The molecule has 0 amide bonds. The van der Waals surface area contributed by atoms with Crippen molar-refractivity contribution in [2.45, 2.75) is 20.0 Å². The molecule has 0 saturated carbocycles. The van der Waals surface area contributed by atoms with Gasteiger partial charge in [-0.1, -0.05) is 66.7 Å². The Bertz CT molecular complexity index is 1120. The van der Waals surface area contributed by atoms with Gasteiger partial charge in [-0.25, -0.2) is 0 Å². The second kappa shape index (κ2) is 7.95. The Morgan fingerprint density at radius 2 is 1.77 bits per heavy atom. The van der Waals surface area contributed by atoms with Gasteiger partial charge in [-0.05, 0) is 57.9 Å². The minimum absolute atomic E-state index is 0.297. The van der Waals surface area contributed by atoms with Crippen molar-refractivity contribution in [3.63, 3.8) is 0 Å². The Morgan fingerprint density at radius 3 is 2.63 bits per heavy atom. The molecule has 3 aromatic rings. The first-order valence-electron chi connectivity index (χ1n) is 10.1. The fraction of sp³-hybridized carbons (Fsp3) is 0.160. The van der Waals surface area contributed by atoms with E-state index in [1.807, 2.05) is 43.3 Å². The van der Waals surface area contributed by atoms with Gasteiger partial charge in [-0.15, -0.1) is 0 Å². The van der Waals surface area contributed by atoms with E-state index in [0.29, 0.717) is 25.1 Å². The topological polar surface area (TPSA) is 43.3 Å². The van der Waals surface area contributed by atoms with E-state index in [0.717, 1.165) is 17.5 Å². The number of hydrogen-bond donors (Lipinski definition) is 0. The number of ether oxygens (including phenoxy) is 1. The van der Waals surface area contributed by atoms with Crippen LogP contribution in [0.25, 0.3) is 17.2 Å². The predicted octanol–water partition coefficient (Wildman–Crippen LogP) is 5.33. The summed E-state index contributed by atoms with van der Waals surface area (Å²) in [5, 5.41) is 5.67. The molecule has 150 valence electrons. The maximum absolute atomic E-state index is 5.79. The maximum Gasteiger partial charge on any atom is 0.368 e. The molecule has 1 heterocycles. The van der Waals surface area contributed by atoms with Crippen LogP contribution in [0.5, 0.6) is 0 Å². The zero-order chi connectivity index (χ0) is 20.3. The highest BCUT2D eigenvalue weighted by Gasteiger charge is 2.27. The molecule has 5 rings (SSSR count). The molecule has 1 aliphatic heterocycles. The van der Waals surface area contributed by atoms with Crippen molar-refractivity contribution >= 4 is 12.1 Å². The van der Waals surface area contributed by atoms with Gasteiger partial charge >= 0.3 is 12.0 Å². The van der Waals surface area contributed by atoms with Crippen molar-refractivity contribution in [3.8, 4) is 11.1 Å². The summed E-state index contributed by atoms with van der Waals surface area (Å²) in [7, 11) is 0. The van der Waals surface area contributed by atoms with E-state index in [1.54, 1.807) is 5.06 Å². The normalized spacial score (nSPS) is 16.9. The van der Waals surface area contributed by atoms with Crippen molar-refractivity contribution < 1.29 is 14.4 Å². The maximum atomic E-state index is 5.79. The number of hydrogen-bond acceptors (Lipinski definition) is 4. The number of nitrogens with zero attached hydrogens (tertiary/aromatic N) is 2. The Kier molecular flexibility index (Phi) is 4.85. The van der Waals surface area contributed by atoms with Crippen molar-refractivity contribution in [2.75, 3.05) is 6.54 Å². The number of rotatable bonds is 5. The molecule has 0 unspecified atom stereocenters. The zero-order valence-electron chi connectivity index (χ0n) is 16.7. The molecule has 1 aliphatic carbocycles. The summed E-state index contributed by atoms with van der Waals surface area (Å²) < 4.78 is 5.79. The largest absolute Gasteiger partial charge is 0.387 e. The van der Waals surface area contributed by atoms with Gasteiger partial charge in [-0.3, -0.25) is 0 Å². The van der Waals surface area contributed by atoms with Gasteiger partial charge in [0.15, 0.2) is 0 Å². The van der Waals surface area contributed by atoms with Gasteiger partial charge < -0.3 is 14.4 Å². The molecule has 0 N–H and O–H groups in total. The molecule has 0 aromatic heterocycles. The fourth-order valence-corrected chi connectivity index (χ4v) is 3.73. The molecular weight excluding hydrogens is 376 g/mol. The van der Waals surface area contributed by atoms with Gasteiger partial charge in [0.1, 0.15) is 6.61 Å². The van der Waals surface area contributed by atoms with Crippen molar-refractivity contribution in [3.05, 3.63) is 101 Å². The number of hydroxylamine groups is 2. The van der Waals surface area contributed by atoms with Crippen LogP contribution >= 0.6 is 0 Å². The summed E-state index contributed by atoms with van der Waals surface area (Å²) in [6, 6.07) is 25.1. The summed E-state index contributed by atoms with van der Waals surface area (Å²) in [6.07, 6.45) is 2.86. The third-order valence-electron chi connectivity index (χ3n) is 5.22. The molecule has 5 heteroatoms. The van der Waals surface area contributed by atoms with Crippen LogP contribution in [-0.4, -0.2) is 17.6 Å². The first kappa shape index (κ1) is 18.3. The number of amidine groups is 1. The molecule has 30 heavy (non-hydrogen) atoms. The van der Waals surface area contributed by atoms with Gasteiger partial charge in [-0.2, -0.15) is 5.06 Å². The summed E-state index contributed by atoms with van der Waals surface area (Å²) in [5.41, 5.74) is 7.34. The predicted molar refractivity (Wildman–Crippen MR) is 116 cm³/mol. The first-order chi connectivity index (χ1) is 14.8. The SMILES string of the molecule is CCN1O/C(=C\c2ccc3c(c2)-c2ccccc2C3)OC1=NOCc1ccccc1. The van der Waals surface area contributed by atoms with Crippen molar-refractivity contribution in [2.24, 2.45) is 5.16 Å². The van der Waals surface area contributed by atoms with Crippen LogP contribution in [0.4, 0.5) is 0 Å². The minimum atomic E-state index is 0.297. The number of oxime groups is 1. The van der Waals surface area contributed by atoms with Gasteiger partial charge in [0, 0.05) is 6.08 Å². The van der Waals surface area contributed by atoms with Gasteiger partial charge in [0.25, 0.3) is 0 Å². The smallest absolute Gasteiger partial charge is 0.368 e. The van der Waals surface area contributed by atoms with E-state index in [9.17, 15) is 0 Å². The lowest BCUT2D eigenvalue weighted by atomic mass is 10.0. The molecule has 0 radical (unpaired) electrons. The molecule has 0 atom stereocenters. The van der Waals surface area contributed by atoms with Gasteiger partial charge in [0.05, 0.1) is 6.54 Å². The summed E-state index contributed by atoms with van der Waals surface area (Å²) in [5.74, 6) is 0.380. The molecular formula is C25H22N2O3. The third kappa shape index (κ3) is 3.62. The first-order valence-corrected chi connectivity index (χ1v) is 10.1.